The lowest BCUT2D eigenvalue weighted by molar-refractivity contribution is -0.121. The molecule has 0 unspecified atom stereocenters. The summed E-state index contributed by atoms with van der Waals surface area (Å²) in [5, 5.41) is 8.08. The maximum Gasteiger partial charge on any atom is 0.221 e. The highest BCUT2D eigenvalue weighted by Crippen LogP contribution is 2.20. The van der Waals surface area contributed by atoms with Gasteiger partial charge in [-0.1, -0.05) is 0 Å². The molecule has 0 spiro atoms. The van der Waals surface area contributed by atoms with Gasteiger partial charge in [-0.15, -0.1) is 0 Å². The number of hydrogen-bond donors (Lipinski definition) is 1. The molecule has 0 saturated carbocycles. The van der Waals surface area contributed by atoms with E-state index < -0.39 is 0 Å². The van der Waals surface area contributed by atoms with E-state index in [4.69, 9.17) is 4.74 Å². The van der Waals surface area contributed by atoms with Crippen LogP contribution in [0, 0.1) is 0 Å². The van der Waals surface area contributed by atoms with Gasteiger partial charge < -0.3 is 10.1 Å². The van der Waals surface area contributed by atoms with Crippen LogP contribution in [0.25, 0.3) is 10.9 Å². The minimum Gasteiger partial charge on any atom is -0.497 e. The third-order valence-corrected chi connectivity index (χ3v) is 2.77. The molecule has 0 fully saturated rings. The van der Waals surface area contributed by atoms with Gasteiger partial charge in [0.05, 0.1) is 25.4 Å². The fraction of sp³-hybridized carbons (Fsp3) is 0.385. The van der Waals surface area contributed by atoms with Gasteiger partial charge in [0.2, 0.25) is 5.91 Å². The number of nitrogens with one attached hydrogen (secondary N) is 1. The summed E-state index contributed by atoms with van der Waals surface area (Å²) < 4.78 is 7.00. The van der Waals surface area contributed by atoms with Crippen LogP contribution in [0.4, 0.5) is 0 Å². The van der Waals surface area contributed by atoms with Crippen LogP contribution in [-0.4, -0.2) is 29.3 Å². The molecule has 1 amide bonds. The van der Waals surface area contributed by atoms with E-state index in [1.807, 2.05) is 29.8 Å². The van der Waals surface area contributed by atoms with Crippen LogP contribution in [0.2, 0.25) is 0 Å². The molecule has 5 heteroatoms. The fourth-order valence-electron chi connectivity index (χ4n) is 1.86. The third kappa shape index (κ3) is 2.61. The summed E-state index contributed by atoms with van der Waals surface area (Å²) in [5.74, 6) is 0.862. The number of fused-ring (bicyclic) bond motifs is 1. The fourth-order valence-corrected chi connectivity index (χ4v) is 1.86. The second kappa shape index (κ2) is 5.53. The van der Waals surface area contributed by atoms with Crippen LogP contribution in [0.1, 0.15) is 13.3 Å². The molecular weight excluding hydrogens is 230 g/mol. The third-order valence-electron chi connectivity index (χ3n) is 2.77. The van der Waals surface area contributed by atoms with Crippen molar-refractivity contribution in [1.29, 1.82) is 0 Å². The van der Waals surface area contributed by atoms with Gasteiger partial charge in [0.1, 0.15) is 5.75 Å². The van der Waals surface area contributed by atoms with Crippen LogP contribution in [0.3, 0.4) is 0 Å². The molecule has 96 valence electrons. The number of nitrogens with zero attached hydrogens (tertiary/aromatic N) is 2. The van der Waals surface area contributed by atoms with E-state index in [-0.39, 0.29) is 5.91 Å². The normalized spacial score (nSPS) is 10.6. The number of aryl methyl sites for hydroxylation is 1. The van der Waals surface area contributed by atoms with Crippen molar-refractivity contribution < 1.29 is 9.53 Å². The van der Waals surface area contributed by atoms with Crippen LogP contribution < -0.4 is 10.1 Å². The summed E-state index contributed by atoms with van der Waals surface area (Å²) in [4.78, 5) is 11.4. The monoisotopic (exact) mass is 247 g/mol. The van der Waals surface area contributed by atoms with E-state index in [2.05, 4.69) is 10.4 Å². The van der Waals surface area contributed by atoms with Gasteiger partial charge >= 0.3 is 0 Å². The zero-order chi connectivity index (χ0) is 13.0. The van der Waals surface area contributed by atoms with Gasteiger partial charge in [-0.25, -0.2) is 0 Å². The maximum absolute atomic E-state index is 11.4. The number of benzene rings is 1. The largest absolute Gasteiger partial charge is 0.497 e. The molecule has 0 aliphatic carbocycles. The number of rotatable bonds is 5. The highest BCUT2D eigenvalue weighted by Gasteiger charge is 2.06. The number of aromatic nitrogens is 2. The first-order chi connectivity index (χ1) is 8.74. The van der Waals surface area contributed by atoms with Gasteiger partial charge in [-0.3, -0.25) is 9.48 Å². The molecule has 2 aromatic rings. The highest BCUT2D eigenvalue weighted by atomic mass is 16.5. The van der Waals surface area contributed by atoms with Crippen molar-refractivity contribution in [3.8, 4) is 5.75 Å². The van der Waals surface area contributed by atoms with Crippen molar-refractivity contribution in [2.75, 3.05) is 13.7 Å². The highest BCUT2D eigenvalue weighted by molar-refractivity contribution is 5.80. The Kier molecular flexibility index (Phi) is 3.82. The Labute approximate surface area is 106 Å². The molecule has 1 N–H and O–H groups in total. The molecule has 1 aromatic heterocycles. The van der Waals surface area contributed by atoms with E-state index in [0.717, 1.165) is 16.7 Å². The first kappa shape index (κ1) is 12.4. The molecule has 0 aliphatic heterocycles. The lowest BCUT2D eigenvalue weighted by Gasteiger charge is -2.04. The maximum atomic E-state index is 11.4. The molecule has 1 heterocycles. The number of methoxy groups -OCH3 is 1. The van der Waals surface area contributed by atoms with Crippen molar-refractivity contribution in [3.63, 3.8) is 0 Å². The van der Waals surface area contributed by atoms with Gasteiger partial charge in [-0.2, -0.15) is 5.10 Å². The Bertz CT molecular complexity index is 548. The Morgan fingerprint density at radius 1 is 1.50 bits per heavy atom. The molecule has 18 heavy (non-hydrogen) atoms. The van der Waals surface area contributed by atoms with Gasteiger partial charge in [0, 0.05) is 18.4 Å². The Morgan fingerprint density at radius 3 is 3.06 bits per heavy atom. The predicted molar refractivity (Wildman–Crippen MR) is 69.6 cm³/mol. The molecule has 2 rings (SSSR count). The molecule has 0 saturated heterocycles. The molecule has 0 radical (unpaired) electrons. The smallest absolute Gasteiger partial charge is 0.221 e. The standard InChI is InChI=1S/C13H17N3O2/c1-3-14-13(17)6-7-16-12-5-4-11(18-2)8-10(12)9-15-16/h4-5,8-9H,3,6-7H2,1-2H3,(H,14,17). The second-order valence-electron chi connectivity index (χ2n) is 4.00. The SMILES string of the molecule is CCNC(=O)CCn1ncc2cc(OC)ccc21. The van der Waals surface area contributed by atoms with E-state index in [1.165, 1.54) is 0 Å². The van der Waals surface area contributed by atoms with Crippen molar-refractivity contribution >= 4 is 16.8 Å². The van der Waals surface area contributed by atoms with Gasteiger partial charge in [0.15, 0.2) is 0 Å². The topological polar surface area (TPSA) is 56.2 Å². The average molecular weight is 247 g/mol. The first-order valence-corrected chi connectivity index (χ1v) is 6.01. The molecule has 0 atom stereocenters. The molecule has 1 aromatic carbocycles. The lowest BCUT2D eigenvalue weighted by Crippen LogP contribution is -2.23. The van der Waals surface area contributed by atoms with Crippen LogP contribution in [0.15, 0.2) is 24.4 Å². The summed E-state index contributed by atoms with van der Waals surface area (Å²) >= 11 is 0. The minimum absolute atomic E-state index is 0.0506. The molecule has 0 aliphatic rings. The quantitative estimate of drug-likeness (QED) is 0.872. The van der Waals surface area contributed by atoms with Crippen LogP contribution in [0.5, 0.6) is 5.75 Å². The molecular formula is C13H17N3O2. The van der Waals surface area contributed by atoms with Crippen LogP contribution in [-0.2, 0) is 11.3 Å². The number of carbonyl (C=O) groups excluding carboxylic acids is 1. The zero-order valence-electron chi connectivity index (χ0n) is 10.6. The summed E-state index contributed by atoms with van der Waals surface area (Å²) in [6.45, 7) is 3.16. The Hall–Kier alpha value is -2.04. The summed E-state index contributed by atoms with van der Waals surface area (Å²) in [7, 11) is 1.64. The zero-order valence-corrected chi connectivity index (χ0v) is 10.6. The second-order valence-corrected chi connectivity index (χ2v) is 4.00. The van der Waals surface area contributed by atoms with E-state index in [1.54, 1.807) is 13.3 Å². The minimum atomic E-state index is 0.0506. The first-order valence-electron chi connectivity index (χ1n) is 6.01. The summed E-state index contributed by atoms with van der Waals surface area (Å²) in [5.41, 5.74) is 1.01. The van der Waals surface area contributed by atoms with Crippen molar-refractivity contribution in [1.82, 2.24) is 15.1 Å². The average Bonchev–Trinajstić information content (AvgIpc) is 2.78. The van der Waals surface area contributed by atoms with Crippen molar-refractivity contribution in [3.05, 3.63) is 24.4 Å². The van der Waals surface area contributed by atoms with Gasteiger partial charge in [0.25, 0.3) is 0 Å². The lowest BCUT2D eigenvalue weighted by atomic mass is 10.2. The number of hydrogen-bond acceptors (Lipinski definition) is 3. The van der Waals surface area contributed by atoms with E-state index in [0.29, 0.717) is 19.5 Å². The van der Waals surface area contributed by atoms with Gasteiger partial charge in [-0.05, 0) is 25.1 Å². The van der Waals surface area contributed by atoms with Crippen LogP contribution >= 0.6 is 0 Å². The van der Waals surface area contributed by atoms with Crippen molar-refractivity contribution in [2.45, 2.75) is 19.9 Å². The van der Waals surface area contributed by atoms with E-state index >= 15 is 0 Å². The molecule has 0 bridgehead atoms. The molecule has 5 nitrogen and oxygen atoms in total. The Morgan fingerprint density at radius 2 is 2.33 bits per heavy atom. The Balaban J connectivity index is 2.12. The number of ether oxygens (including phenoxy) is 1. The van der Waals surface area contributed by atoms with E-state index in [9.17, 15) is 4.79 Å². The summed E-state index contributed by atoms with van der Waals surface area (Å²) in [6, 6.07) is 5.79. The summed E-state index contributed by atoms with van der Waals surface area (Å²) in [6.07, 6.45) is 2.23. The predicted octanol–water partition coefficient (Wildman–Crippen LogP) is 1.57. The van der Waals surface area contributed by atoms with Crippen molar-refractivity contribution in [2.24, 2.45) is 0 Å². The number of amides is 1. The number of carbonyl (C=O) groups is 1.